The van der Waals surface area contributed by atoms with Crippen LogP contribution in [0, 0.1) is 0 Å². The van der Waals surface area contributed by atoms with Crippen LogP contribution in [0.3, 0.4) is 0 Å². The highest BCUT2D eigenvalue weighted by Gasteiger charge is 2.35. The number of halogens is 2. The summed E-state index contributed by atoms with van der Waals surface area (Å²) in [7, 11) is 4.31. The number of hydrogen-bond donors (Lipinski definition) is 0. The molecule has 2 aromatic heterocycles. The third-order valence-electron chi connectivity index (χ3n) is 6.87. The van der Waals surface area contributed by atoms with Gasteiger partial charge in [-0.1, -0.05) is 38.9 Å². The van der Waals surface area contributed by atoms with E-state index in [0.717, 1.165) is 11.3 Å². The van der Waals surface area contributed by atoms with E-state index in [0.29, 0.717) is 58.7 Å². The number of aromatic nitrogens is 1. The van der Waals surface area contributed by atoms with Crippen molar-refractivity contribution in [3.63, 3.8) is 0 Å². The third kappa shape index (κ3) is 5.72. The molecule has 4 aromatic rings. The molecular formula is C31H26BrClN2O8S. The normalized spacial score (nSPS) is 14.6. The van der Waals surface area contributed by atoms with E-state index < -0.39 is 23.5 Å². The maximum Gasteiger partial charge on any atom is 0.338 e. The lowest BCUT2D eigenvalue weighted by atomic mass is 9.95. The van der Waals surface area contributed by atoms with Crippen LogP contribution in [-0.2, 0) is 14.3 Å². The number of thiazole rings is 1. The first-order valence-corrected chi connectivity index (χ1v) is 15.2. The van der Waals surface area contributed by atoms with Gasteiger partial charge in [-0.15, -0.1) is 0 Å². The van der Waals surface area contributed by atoms with E-state index in [9.17, 15) is 14.4 Å². The molecular weight excluding hydrogens is 676 g/mol. The highest BCUT2D eigenvalue weighted by molar-refractivity contribution is 9.10. The summed E-state index contributed by atoms with van der Waals surface area (Å²) in [4.78, 5) is 44.6. The molecule has 10 nitrogen and oxygen atoms in total. The summed E-state index contributed by atoms with van der Waals surface area (Å²) < 4.78 is 29.6. The molecule has 228 valence electrons. The Morgan fingerprint density at radius 3 is 2.50 bits per heavy atom. The zero-order chi connectivity index (χ0) is 31.7. The fraction of sp³-hybridized carbons (Fsp3) is 0.226. The molecule has 0 amide bonds. The van der Waals surface area contributed by atoms with E-state index in [1.807, 2.05) is 0 Å². The van der Waals surface area contributed by atoms with Crippen molar-refractivity contribution in [3.8, 4) is 22.8 Å². The Hall–Kier alpha value is -4.13. The topological polar surface area (TPSA) is 119 Å². The standard InChI is InChI=1S/C31H26BrClN2O8S/c1-6-42-30(38)26-15(2)34-31-35(27(26)20-13-23(39-3)24(40-4)14-21(20)32)28(36)25(44-31)12-17-8-10-22(43-17)19-11-16(33)7-9-18(19)29(37)41-5/h7-14,27H,6H2,1-5H3/b25-12+/t27-/m0/s1. The van der Waals surface area contributed by atoms with Gasteiger partial charge in [0.15, 0.2) is 16.3 Å². The second-order valence-corrected chi connectivity index (χ2v) is 11.7. The molecule has 0 spiro atoms. The van der Waals surface area contributed by atoms with Crippen LogP contribution < -0.4 is 24.4 Å². The second-order valence-electron chi connectivity index (χ2n) is 9.41. The molecule has 0 unspecified atom stereocenters. The molecule has 13 heteroatoms. The minimum atomic E-state index is -0.886. The summed E-state index contributed by atoms with van der Waals surface area (Å²) in [6.07, 6.45) is 1.58. The summed E-state index contributed by atoms with van der Waals surface area (Å²) in [6.45, 7) is 3.55. The van der Waals surface area contributed by atoms with E-state index in [2.05, 4.69) is 20.9 Å². The van der Waals surface area contributed by atoms with Crippen LogP contribution in [0.2, 0.25) is 5.02 Å². The monoisotopic (exact) mass is 700 g/mol. The van der Waals surface area contributed by atoms with Gasteiger partial charge in [0.2, 0.25) is 0 Å². The van der Waals surface area contributed by atoms with Gasteiger partial charge in [0, 0.05) is 21.1 Å². The molecule has 1 atom stereocenters. The van der Waals surface area contributed by atoms with Crippen molar-refractivity contribution in [2.75, 3.05) is 27.9 Å². The zero-order valence-corrected chi connectivity index (χ0v) is 27.4. The number of rotatable bonds is 8. The third-order valence-corrected chi connectivity index (χ3v) is 8.77. The first kappa shape index (κ1) is 31.3. The van der Waals surface area contributed by atoms with E-state index in [4.69, 9.17) is 35.0 Å². The number of ether oxygens (including phenoxy) is 4. The van der Waals surface area contributed by atoms with Crippen LogP contribution in [0.1, 0.15) is 41.6 Å². The fourth-order valence-corrected chi connectivity index (χ4v) is 6.62. The van der Waals surface area contributed by atoms with Gasteiger partial charge < -0.3 is 23.4 Å². The van der Waals surface area contributed by atoms with Crippen molar-refractivity contribution in [2.45, 2.75) is 19.9 Å². The second kappa shape index (κ2) is 12.8. The summed E-state index contributed by atoms with van der Waals surface area (Å²) in [5.74, 6) is 0.467. The van der Waals surface area contributed by atoms with Crippen molar-refractivity contribution < 1.29 is 33.0 Å². The molecule has 5 rings (SSSR count). The molecule has 0 N–H and O–H groups in total. The summed E-state index contributed by atoms with van der Waals surface area (Å²) in [6, 6.07) is 10.6. The van der Waals surface area contributed by atoms with Crippen LogP contribution in [0.5, 0.6) is 11.5 Å². The Kier molecular flexibility index (Phi) is 9.14. The van der Waals surface area contributed by atoms with Gasteiger partial charge in [0.1, 0.15) is 11.5 Å². The van der Waals surface area contributed by atoms with E-state index >= 15 is 0 Å². The molecule has 0 saturated heterocycles. The van der Waals surface area contributed by atoms with Gasteiger partial charge in [-0.05, 0) is 61.9 Å². The minimum absolute atomic E-state index is 0.144. The molecule has 0 saturated carbocycles. The van der Waals surface area contributed by atoms with Crippen molar-refractivity contribution >= 4 is 56.9 Å². The predicted molar refractivity (Wildman–Crippen MR) is 168 cm³/mol. The Labute approximate surface area is 268 Å². The molecule has 0 aliphatic carbocycles. The molecule has 1 aliphatic heterocycles. The van der Waals surface area contributed by atoms with Crippen molar-refractivity contribution in [2.24, 2.45) is 4.99 Å². The number of carbonyl (C=O) groups excluding carboxylic acids is 2. The first-order valence-electron chi connectivity index (χ1n) is 13.2. The molecule has 2 aromatic carbocycles. The molecule has 0 fully saturated rings. The number of fused-ring (bicyclic) bond motifs is 1. The van der Waals surface area contributed by atoms with Gasteiger partial charge in [-0.3, -0.25) is 9.36 Å². The Bertz CT molecular complexity index is 2010. The number of benzene rings is 2. The van der Waals surface area contributed by atoms with Gasteiger partial charge >= 0.3 is 11.9 Å². The highest BCUT2D eigenvalue weighted by Crippen LogP contribution is 2.41. The largest absolute Gasteiger partial charge is 0.493 e. The Morgan fingerprint density at radius 1 is 1.09 bits per heavy atom. The maximum atomic E-state index is 14.0. The highest BCUT2D eigenvalue weighted by atomic mass is 79.9. The average molecular weight is 702 g/mol. The number of methoxy groups -OCH3 is 3. The maximum absolute atomic E-state index is 14.0. The quantitative estimate of drug-likeness (QED) is 0.228. The molecule has 1 aliphatic rings. The van der Waals surface area contributed by atoms with Gasteiger partial charge in [0.05, 0.1) is 55.3 Å². The number of allylic oxidation sites excluding steroid dienone is 1. The van der Waals surface area contributed by atoms with Gasteiger partial charge in [0.25, 0.3) is 5.56 Å². The van der Waals surface area contributed by atoms with Crippen molar-refractivity contribution in [3.05, 3.63) is 99.8 Å². The van der Waals surface area contributed by atoms with Gasteiger partial charge in [-0.25, -0.2) is 14.6 Å². The minimum Gasteiger partial charge on any atom is -0.493 e. The van der Waals surface area contributed by atoms with E-state index in [-0.39, 0.29) is 17.7 Å². The van der Waals surface area contributed by atoms with E-state index in [1.54, 1.807) is 62.4 Å². The van der Waals surface area contributed by atoms with Crippen LogP contribution in [0.25, 0.3) is 17.4 Å². The first-order chi connectivity index (χ1) is 21.1. The van der Waals surface area contributed by atoms with Crippen LogP contribution >= 0.6 is 38.9 Å². The molecule has 0 radical (unpaired) electrons. The fourth-order valence-electron chi connectivity index (χ4n) is 4.88. The number of carbonyl (C=O) groups is 2. The number of nitrogens with zero attached hydrogens (tertiary/aromatic N) is 2. The van der Waals surface area contributed by atoms with Crippen LogP contribution in [-0.4, -0.2) is 44.4 Å². The summed E-state index contributed by atoms with van der Waals surface area (Å²) >= 11 is 10.9. The van der Waals surface area contributed by atoms with Crippen LogP contribution in [0.4, 0.5) is 0 Å². The predicted octanol–water partition coefficient (Wildman–Crippen LogP) is 5.28. The van der Waals surface area contributed by atoms with Crippen molar-refractivity contribution in [1.29, 1.82) is 0 Å². The number of hydrogen-bond acceptors (Lipinski definition) is 10. The molecule has 3 heterocycles. The summed E-state index contributed by atoms with van der Waals surface area (Å²) in [5, 5.41) is 0.410. The lowest BCUT2D eigenvalue weighted by molar-refractivity contribution is -0.139. The molecule has 0 bridgehead atoms. The molecule has 44 heavy (non-hydrogen) atoms. The number of esters is 2. The Balaban J connectivity index is 1.68. The van der Waals surface area contributed by atoms with E-state index in [1.165, 1.54) is 25.9 Å². The van der Waals surface area contributed by atoms with Crippen molar-refractivity contribution in [1.82, 2.24) is 4.57 Å². The van der Waals surface area contributed by atoms with Crippen LogP contribution in [0.15, 0.2) is 72.4 Å². The SMILES string of the molecule is CCOC(=O)C1=C(C)N=c2s/c(=C/c3ccc(-c4cc(Cl)ccc4C(=O)OC)o3)c(=O)n2[C@H]1c1cc(OC)c(OC)cc1Br. The van der Waals surface area contributed by atoms with Gasteiger partial charge in [-0.2, -0.15) is 0 Å². The lowest BCUT2D eigenvalue weighted by Crippen LogP contribution is -2.40. The summed E-state index contributed by atoms with van der Waals surface area (Å²) in [5.41, 5.74) is 1.53. The average Bonchev–Trinajstić information content (AvgIpc) is 3.59. The zero-order valence-electron chi connectivity index (χ0n) is 24.2. The smallest absolute Gasteiger partial charge is 0.338 e. The number of furan rings is 1. The lowest BCUT2D eigenvalue weighted by Gasteiger charge is -2.26. The Morgan fingerprint density at radius 2 is 1.82 bits per heavy atom.